The van der Waals surface area contributed by atoms with Crippen LogP contribution >= 0.6 is 15.9 Å². The fourth-order valence-electron chi connectivity index (χ4n) is 1.99. The van der Waals surface area contributed by atoms with Crippen molar-refractivity contribution in [3.05, 3.63) is 34.7 Å². The Bertz CT molecular complexity index is 596. The number of anilines is 1. The summed E-state index contributed by atoms with van der Waals surface area (Å²) in [6.45, 7) is 2.93. The van der Waals surface area contributed by atoms with E-state index in [9.17, 15) is 0 Å². The SMILES string of the molecule is CCNc1cc(C2CC2)nc(-c2cncc(Br)c2)n1. The molecule has 0 spiro atoms. The standard InChI is InChI=1S/C14H15BrN4/c1-2-17-13-6-12(9-3-4-9)18-14(19-13)10-5-11(15)8-16-7-10/h5-9H,2-4H2,1H3,(H,17,18,19). The second-order valence-corrected chi connectivity index (χ2v) is 5.61. The third kappa shape index (κ3) is 2.92. The minimum absolute atomic E-state index is 0.610. The minimum atomic E-state index is 0.610. The van der Waals surface area contributed by atoms with Gasteiger partial charge in [0.15, 0.2) is 5.82 Å². The van der Waals surface area contributed by atoms with Gasteiger partial charge in [0.1, 0.15) is 5.82 Å². The summed E-state index contributed by atoms with van der Waals surface area (Å²) < 4.78 is 0.940. The molecular weight excluding hydrogens is 304 g/mol. The summed E-state index contributed by atoms with van der Waals surface area (Å²) in [7, 11) is 0. The molecule has 0 saturated heterocycles. The Hall–Kier alpha value is -1.49. The molecule has 98 valence electrons. The number of hydrogen-bond donors (Lipinski definition) is 1. The van der Waals surface area contributed by atoms with E-state index in [0.717, 1.165) is 33.9 Å². The van der Waals surface area contributed by atoms with Crippen molar-refractivity contribution < 1.29 is 0 Å². The zero-order valence-electron chi connectivity index (χ0n) is 10.7. The van der Waals surface area contributed by atoms with Gasteiger partial charge in [-0.05, 0) is 41.8 Å². The monoisotopic (exact) mass is 318 g/mol. The highest BCUT2D eigenvalue weighted by atomic mass is 79.9. The summed E-state index contributed by atoms with van der Waals surface area (Å²) in [5.74, 6) is 2.25. The number of aromatic nitrogens is 3. The van der Waals surface area contributed by atoms with E-state index in [0.29, 0.717) is 5.92 Å². The van der Waals surface area contributed by atoms with Gasteiger partial charge in [-0.1, -0.05) is 0 Å². The van der Waals surface area contributed by atoms with E-state index in [1.807, 2.05) is 6.07 Å². The molecule has 3 rings (SSSR count). The molecule has 2 aromatic rings. The number of pyridine rings is 1. The van der Waals surface area contributed by atoms with Crippen molar-refractivity contribution in [2.45, 2.75) is 25.7 Å². The maximum absolute atomic E-state index is 4.68. The Morgan fingerprint density at radius 2 is 2.11 bits per heavy atom. The molecule has 1 aliphatic carbocycles. The van der Waals surface area contributed by atoms with Crippen LogP contribution < -0.4 is 5.32 Å². The smallest absolute Gasteiger partial charge is 0.163 e. The predicted octanol–water partition coefficient (Wildman–Crippen LogP) is 3.61. The number of rotatable bonds is 4. The van der Waals surface area contributed by atoms with Crippen LogP contribution in [0.3, 0.4) is 0 Å². The van der Waals surface area contributed by atoms with Crippen molar-refractivity contribution in [2.24, 2.45) is 0 Å². The van der Waals surface area contributed by atoms with Gasteiger partial charge in [-0.3, -0.25) is 4.98 Å². The van der Waals surface area contributed by atoms with Gasteiger partial charge >= 0.3 is 0 Å². The molecule has 1 fully saturated rings. The van der Waals surface area contributed by atoms with Crippen LogP contribution in [0.2, 0.25) is 0 Å². The van der Waals surface area contributed by atoms with Gasteiger partial charge in [-0.25, -0.2) is 9.97 Å². The second-order valence-electron chi connectivity index (χ2n) is 4.70. The van der Waals surface area contributed by atoms with Crippen molar-refractivity contribution in [1.82, 2.24) is 15.0 Å². The van der Waals surface area contributed by atoms with Crippen LogP contribution in [0, 0.1) is 0 Å². The van der Waals surface area contributed by atoms with Crippen LogP contribution in [0.15, 0.2) is 29.0 Å². The van der Waals surface area contributed by atoms with Gasteiger partial charge in [0.05, 0.1) is 0 Å². The number of nitrogens with zero attached hydrogens (tertiary/aromatic N) is 3. The molecular formula is C14H15BrN4. The van der Waals surface area contributed by atoms with Gasteiger partial charge in [-0.2, -0.15) is 0 Å². The third-order valence-electron chi connectivity index (χ3n) is 3.06. The van der Waals surface area contributed by atoms with E-state index in [4.69, 9.17) is 0 Å². The van der Waals surface area contributed by atoms with Crippen LogP contribution in [0.1, 0.15) is 31.4 Å². The second kappa shape index (κ2) is 5.25. The van der Waals surface area contributed by atoms with Gasteiger partial charge in [0, 0.05) is 46.7 Å². The Balaban J connectivity index is 2.03. The van der Waals surface area contributed by atoms with E-state index >= 15 is 0 Å². The van der Waals surface area contributed by atoms with Gasteiger partial charge in [0.25, 0.3) is 0 Å². The molecule has 1 aliphatic rings. The van der Waals surface area contributed by atoms with Crippen molar-refractivity contribution in [3.8, 4) is 11.4 Å². The number of hydrogen-bond acceptors (Lipinski definition) is 4. The maximum atomic E-state index is 4.68. The molecule has 0 atom stereocenters. The van der Waals surface area contributed by atoms with E-state index in [2.05, 4.69) is 49.2 Å². The average molecular weight is 319 g/mol. The molecule has 0 radical (unpaired) electrons. The molecule has 0 aromatic carbocycles. The lowest BCUT2D eigenvalue weighted by molar-refractivity contribution is 0.987. The third-order valence-corrected chi connectivity index (χ3v) is 3.50. The summed E-state index contributed by atoms with van der Waals surface area (Å²) in [4.78, 5) is 13.4. The van der Waals surface area contributed by atoms with Gasteiger partial charge in [-0.15, -0.1) is 0 Å². The fraction of sp³-hybridized carbons (Fsp3) is 0.357. The molecule has 0 bridgehead atoms. The predicted molar refractivity (Wildman–Crippen MR) is 79.1 cm³/mol. The normalized spacial score (nSPS) is 14.4. The molecule has 4 nitrogen and oxygen atoms in total. The van der Waals surface area contributed by atoms with Crippen molar-refractivity contribution in [3.63, 3.8) is 0 Å². The highest BCUT2D eigenvalue weighted by Gasteiger charge is 2.26. The summed E-state index contributed by atoms with van der Waals surface area (Å²) >= 11 is 3.43. The molecule has 1 N–H and O–H groups in total. The largest absolute Gasteiger partial charge is 0.370 e. The van der Waals surface area contributed by atoms with Gasteiger partial charge < -0.3 is 5.32 Å². The molecule has 0 aliphatic heterocycles. The molecule has 2 heterocycles. The van der Waals surface area contributed by atoms with E-state index in [-0.39, 0.29) is 0 Å². The summed E-state index contributed by atoms with van der Waals surface area (Å²) in [5.41, 5.74) is 2.08. The lowest BCUT2D eigenvalue weighted by Crippen LogP contribution is -2.03. The van der Waals surface area contributed by atoms with Crippen LogP contribution in [-0.2, 0) is 0 Å². The summed E-state index contributed by atoms with van der Waals surface area (Å²) in [5, 5.41) is 3.27. The summed E-state index contributed by atoms with van der Waals surface area (Å²) in [6, 6.07) is 4.06. The average Bonchev–Trinajstić information content (AvgIpc) is 3.23. The topological polar surface area (TPSA) is 50.7 Å². The first-order chi connectivity index (χ1) is 9.26. The van der Waals surface area contributed by atoms with E-state index < -0.39 is 0 Å². The van der Waals surface area contributed by atoms with Crippen molar-refractivity contribution in [2.75, 3.05) is 11.9 Å². The molecule has 19 heavy (non-hydrogen) atoms. The zero-order valence-corrected chi connectivity index (χ0v) is 12.3. The van der Waals surface area contributed by atoms with E-state index in [1.165, 1.54) is 12.8 Å². The first-order valence-electron chi connectivity index (χ1n) is 6.50. The maximum Gasteiger partial charge on any atom is 0.163 e. The van der Waals surface area contributed by atoms with Crippen molar-refractivity contribution >= 4 is 21.7 Å². The fourth-order valence-corrected chi connectivity index (χ4v) is 2.35. The number of halogens is 1. The quantitative estimate of drug-likeness (QED) is 0.935. The Morgan fingerprint density at radius 1 is 1.26 bits per heavy atom. The highest BCUT2D eigenvalue weighted by Crippen LogP contribution is 2.40. The summed E-state index contributed by atoms with van der Waals surface area (Å²) in [6.07, 6.45) is 6.03. The molecule has 1 saturated carbocycles. The molecule has 2 aromatic heterocycles. The minimum Gasteiger partial charge on any atom is -0.370 e. The molecule has 0 amide bonds. The zero-order chi connectivity index (χ0) is 13.2. The van der Waals surface area contributed by atoms with Crippen LogP contribution in [0.4, 0.5) is 5.82 Å². The lowest BCUT2D eigenvalue weighted by atomic mass is 10.2. The first kappa shape index (κ1) is 12.5. The van der Waals surface area contributed by atoms with Crippen LogP contribution in [0.5, 0.6) is 0 Å². The molecule has 5 heteroatoms. The van der Waals surface area contributed by atoms with Gasteiger partial charge in [0.2, 0.25) is 0 Å². The number of nitrogens with one attached hydrogen (secondary N) is 1. The van der Waals surface area contributed by atoms with Crippen LogP contribution in [0.25, 0.3) is 11.4 Å². The van der Waals surface area contributed by atoms with Crippen LogP contribution in [-0.4, -0.2) is 21.5 Å². The van der Waals surface area contributed by atoms with Crippen molar-refractivity contribution in [1.29, 1.82) is 0 Å². The highest BCUT2D eigenvalue weighted by molar-refractivity contribution is 9.10. The van der Waals surface area contributed by atoms with E-state index in [1.54, 1.807) is 12.4 Å². The lowest BCUT2D eigenvalue weighted by Gasteiger charge is -2.08. The Labute approximate surface area is 120 Å². The Kier molecular flexibility index (Phi) is 3.46. The Morgan fingerprint density at radius 3 is 2.79 bits per heavy atom. The molecule has 0 unspecified atom stereocenters. The first-order valence-corrected chi connectivity index (χ1v) is 7.29.